The van der Waals surface area contributed by atoms with Gasteiger partial charge in [-0.25, -0.2) is 4.68 Å². The summed E-state index contributed by atoms with van der Waals surface area (Å²) in [6, 6.07) is 14.9. The van der Waals surface area contributed by atoms with E-state index in [1.54, 1.807) is 36.1 Å². The molecule has 0 radical (unpaired) electrons. The van der Waals surface area contributed by atoms with Crippen molar-refractivity contribution >= 4 is 23.2 Å². The maximum atomic E-state index is 12.6. The SMILES string of the molecule is CCOc1ccc(C(=O)Nc2cc3n(n2)C(c2ccc(C)c(OC)c2)=CCN3)cc1. The second kappa shape index (κ2) is 8.32. The molecule has 1 aromatic heterocycles. The molecular weight excluding hydrogens is 380 g/mol. The third-order valence-electron chi connectivity index (χ3n) is 4.89. The van der Waals surface area contributed by atoms with Crippen molar-refractivity contribution in [3.05, 3.63) is 71.3 Å². The van der Waals surface area contributed by atoms with Crippen LogP contribution >= 0.6 is 0 Å². The lowest BCUT2D eigenvalue weighted by atomic mass is 10.1. The first kappa shape index (κ1) is 19.6. The molecule has 30 heavy (non-hydrogen) atoms. The standard InChI is InChI=1S/C23H24N4O3/c1-4-30-18-9-7-16(8-10-18)23(28)25-21-14-22-24-12-11-19(27(22)26-21)17-6-5-15(2)20(13-17)29-3/h5-11,13-14,24H,4,12H2,1-3H3,(H,25,26,28). The highest BCUT2D eigenvalue weighted by Gasteiger charge is 2.19. The Hall–Kier alpha value is -3.74. The summed E-state index contributed by atoms with van der Waals surface area (Å²) in [7, 11) is 1.66. The van der Waals surface area contributed by atoms with Crippen LogP contribution in [0.1, 0.15) is 28.4 Å². The van der Waals surface area contributed by atoms with E-state index < -0.39 is 0 Å². The smallest absolute Gasteiger partial charge is 0.256 e. The van der Waals surface area contributed by atoms with E-state index in [-0.39, 0.29) is 5.91 Å². The minimum Gasteiger partial charge on any atom is -0.496 e. The van der Waals surface area contributed by atoms with Crippen molar-refractivity contribution in [2.24, 2.45) is 0 Å². The van der Waals surface area contributed by atoms with Crippen LogP contribution in [0, 0.1) is 6.92 Å². The van der Waals surface area contributed by atoms with Crippen LogP contribution in [0.15, 0.2) is 54.6 Å². The third-order valence-corrected chi connectivity index (χ3v) is 4.89. The fourth-order valence-electron chi connectivity index (χ4n) is 3.37. The lowest BCUT2D eigenvalue weighted by Gasteiger charge is -2.18. The Kier molecular flexibility index (Phi) is 5.43. The molecule has 0 saturated heterocycles. The van der Waals surface area contributed by atoms with Crippen LogP contribution in [-0.4, -0.2) is 35.9 Å². The Morgan fingerprint density at radius 3 is 2.73 bits per heavy atom. The van der Waals surface area contributed by atoms with Gasteiger partial charge in [-0.3, -0.25) is 4.79 Å². The monoisotopic (exact) mass is 404 g/mol. The lowest BCUT2D eigenvalue weighted by molar-refractivity contribution is 0.102. The van der Waals surface area contributed by atoms with Crippen molar-refractivity contribution < 1.29 is 14.3 Å². The second-order valence-corrected chi connectivity index (χ2v) is 6.89. The van der Waals surface area contributed by atoms with Gasteiger partial charge in [0.2, 0.25) is 0 Å². The van der Waals surface area contributed by atoms with Crippen LogP contribution in [0.4, 0.5) is 11.6 Å². The van der Waals surface area contributed by atoms with E-state index in [1.165, 1.54) is 0 Å². The molecule has 154 valence electrons. The van der Waals surface area contributed by atoms with Gasteiger partial charge in [-0.1, -0.05) is 12.1 Å². The zero-order chi connectivity index (χ0) is 21.1. The fourth-order valence-corrected chi connectivity index (χ4v) is 3.37. The first-order valence-electron chi connectivity index (χ1n) is 9.82. The number of methoxy groups -OCH3 is 1. The van der Waals surface area contributed by atoms with Gasteiger partial charge >= 0.3 is 0 Å². The van der Waals surface area contributed by atoms with E-state index in [1.807, 2.05) is 38.1 Å². The Labute approximate surface area is 175 Å². The first-order valence-corrected chi connectivity index (χ1v) is 9.82. The van der Waals surface area contributed by atoms with Crippen LogP contribution in [0.3, 0.4) is 0 Å². The molecule has 1 aliphatic rings. The zero-order valence-corrected chi connectivity index (χ0v) is 17.2. The van der Waals surface area contributed by atoms with Gasteiger partial charge in [-0.05, 0) is 55.8 Å². The van der Waals surface area contributed by atoms with E-state index in [0.717, 1.165) is 34.1 Å². The average molecular weight is 404 g/mol. The number of fused-ring (bicyclic) bond motifs is 1. The topological polar surface area (TPSA) is 77.4 Å². The van der Waals surface area contributed by atoms with Gasteiger partial charge in [0.1, 0.15) is 17.3 Å². The number of amides is 1. The molecule has 3 aromatic rings. The van der Waals surface area contributed by atoms with E-state index >= 15 is 0 Å². The van der Waals surface area contributed by atoms with Crippen molar-refractivity contribution in [3.63, 3.8) is 0 Å². The second-order valence-electron chi connectivity index (χ2n) is 6.89. The molecule has 1 amide bonds. The van der Waals surface area contributed by atoms with Crippen LogP contribution in [0.25, 0.3) is 5.70 Å². The fraction of sp³-hybridized carbons (Fsp3) is 0.217. The summed E-state index contributed by atoms with van der Waals surface area (Å²) in [5.41, 5.74) is 3.53. The summed E-state index contributed by atoms with van der Waals surface area (Å²) in [6.45, 7) is 5.18. The summed E-state index contributed by atoms with van der Waals surface area (Å²) in [5, 5.41) is 10.7. The molecule has 7 nitrogen and oxygen atoms in total. The van der Waals surface area contributed by atoms with Crippen LogP contribution in [0.2, 0.25) is 0 Å². The highest BCUT2D eigenvalue weighted by molar-refractivity contribution is 6.04. The van der Waals surface area contributed by atoms with E-state index in [4.69, 9.17) is 9.47 Å². The number of nitrogens with one attached hydrogen (secondary N) is 2. The third kappa shape index (κ3) is 3.87. The van der Waals surface area contributed by atoms with Gasteiger partial charge in [0.15, 0.2) is 5.82 Å². The van der Waals surface area contributed by atoms with Crippen molar-refractivity contribution in [1.29, 1.82) is 0 Å². The number of benzene rings is 2. The Bertz CT molecular complexity index is 1100. The van der Waals surface area contributed by atoms with E-state index in [2.05, 4.69) is 21.8 Å². The molecule has 0 atom stereocenters. The molecule has 7 heteroatoms. The van der Waals surface area contributed by atoms with Gasteiger partial charge < -0.3 is 20.1 Å². The normalized spacial score (nSPS) is 12.4. The minimum atomic E-state index is -0.226. The van der Waals surface area contributed by atoms with Crippen molar-refractivity contribution in [1.82, 2.24) is 9.78 Å². The molecule has 0 fully saturated rings. The first-order chi connectivity index (χ1) is 14.6. The molecule has 2 N–H and O–H groups in total. The number of carbonyl (C=O) groups excluding carboxylic acids is 1. The minimum absolute atomic E-state index is 0.226. The van der Waals surface area contributed by atoms with Crippen molar-refractivity contribution in [2.75, 3.05) is 30.9 Å². The van der Waals surface area contributed by atoms with Crippen molar-refractivity contribution in [3.8, 4) is 11.5 Å². The summed E-state index contributed by atoms with van der Waals surface area (Å²) in [6.07, 6.45) is 2.06. The summed E-state index contributed by atoms with van der Waals surface area (Å²) in [5.74, 6) is 2.62. The highest BCUT2D eigenvalue weighted by atomic mass is 16.5. The van der Waals surface area contributed by atoms with Crippen molar-refractivity contribution in [2.45, 2.75) is 13.8 Å². The average Bonchev–Trinajstić information content (AvgIpc) is 3.17. The number of hydrogen-bond donors (Lipinski definition) is 2. The van der Waals surface area contributed by atoms with Gasteiger partial charge in [0.05, 0.1) is 19.4 Å². The van der Waals surface area contributed by atoms with Crippen LogP contribution < -0.4 is 20.1 Å². The Morgan fingerprint density at radius 2 is 2.00 bits per heavy atom. The molecule has 2 aromatic carbocycles. The van der Waals surface area contributed by atoms with E-state index in [0.29, 0.717) is 24.5 Å². The largest absolute Gasteiger partial charge is 0.496 e. The molecule has 0 aliphatic carbocycles. The zero-order valence-electron chi connectivity index (χ0n) is 17.2. The number of hydrogen-bond acceptors (Lipinski definition) is 5. The number of aryl methyl sites for hydroxylation is 1. The van der Waals surface area contributed by atoms with Crippen LogP contribution in [0.5, 0.6) is 11.5 Å². The number of nitrogens with zero attached hydrogens (tertiary/aromatic N) is 2. The number of anilines is 2. The predicted octanol–water partition coefficient (Wildman–Crippen LogP) is 4.17. The van der Waals surface area contributed by atoms with Crippen LogP contribution in [-0.2, 0) is 0 Å². The van der Waals surface area contributed by atoms with Gasteiger partial charge in [-0.2, -0.15) is 0 Å². The molecule has 0 unspecified atom stereocenters. The summed E-state index contributed by atoms with van der Waals surface area (Å²) < 4.78 is 12.7. The number of ether oxygens (including phenoxy) is 2. The van der Waals surface area contributed by atoms with Gasteiger partial charge in [0.25, 0.3) is 5.91 Å². The van der Waals surface area contributed by atoms with Gasteiger partial charge in [-0.15, -0.1) is 5.10 Å². The molecule has 2 heterocycles. The molecule has 4 rings (SSSR count). The molecule has 0 saturated carbocycles. The maximum Gasteiger partial charge on any atom is 0.256 e. The van der Waals surface area contributed by atoms with Gasteiger partial charge in [0, 0.05) is 23.7 Å². The Morgan fingerprint density at radius 1 is 1.20 bits per heavy atom. The van der Waals surface area contributed by atoms with E-state index in [9.17, 15) is 4.79 Å². The molecule has 0 bridgehead atoms. The summed E-state index contributed by atoms with van der Waals surface area (Å²) >= 11 is 0. The number of aromatic nitrogens is 2. The molecule has 0 spiro atoms. The number of carbonyl (C=O) groups is 1. The Balaban J connectivity index is 1.56. The molecule has 1 aliphatic heterocycles. The highest BCUT2D eigenvalue weighted by Crippen LogP contribution is 2.30. The lowest BCUT2D eigenvalue weighted by Crippen LogP contribution is -2.15. The summed E-state index contributed by atoms with van der Waals surface area (Å²) in [4.78, 5) is 12.6. The molecular formula is C23H24N4O3. The number of rotatable bonds is 6. The predicted molar refractivity (Wildman–Crippen MR) is 117 cm³/mol. The quantitative estimate of drug-likeness (QED) is 0.645. The maximum absolute atomic E-state index is 12.6.